The molecule has 1 saturated heterocycles. The normalized spacial score (nSPS) is 14.6. The van der Waals surface area contributed by atoms with Crippen LogP contribution in [0.2, 0.25) is 24.6 Å². The van der Waals surface area contributed by atoms with E-state index >= 15 is 0 Å². The summed E-state index contributed by atoms with van der Waals surface area (Å²) >= 11 is 5.85. The summed E-state index contributed by atoms with van der Waals surface area (Å²) in [7, 11) is 0. The van der Waals surface area contributed by atoms with E-state index in [9.17, 15) is 4.79 Å². The predicted molar refractivity (Wildman–Crippen MR) is 98.7 cm³/mol. The molecule has 0 atom stereocenters. The summed E-state index contributed by atoms with van der Waals surface area (Å²) < 4.78 is 0. The smallest absolute Gasteiger partial charge is 0.271 e. The van der Waals surface area contributed by atoms with Gasteiger partial charge in [0.15, 0.2) is 11.5 Å². The number of aromatic nitrogens is 2. The molecule has 8 heteroatoms. The minimum atomic E-state index is -0.652. The van der Waals surface area contributed by atoms with E-state index in [4.69, 9.17) is 17.3 Å². The first-order chi connectivity index (χ1) is 11.5. The Balaban J connectivity index is 1.75. The molecule has 1 aromatic heterocycles. The lowest BCUT2D eigenvalue weighted by atomic mass is 9.46. The van der Waals surface area contributed by atoms with Gasteiger partial charge in [0, 0.05) is 24.5 Å². The molecule has 0 spiro atoms. The molecule has 124 valence electrons. The van der Waals surface area contributed by atoms with Crippen molar-refractivity contribution < 1.29 is 4.79 Å². The van der Waals surface area contributed by atoms with Gasteiger partial charge in [-0.05, 0) is 24.3 Å². The fraction of sp³-hybridized carbons (Fsp3) is 0.312. The van der Waals surface area contributed by atoms with E-state index in [0.29, 0.717) is 0 Å². The number of benzene rings is 1. The Bertz CT molecular complexity index is 732. The zero-order valence-corrected chi connectivity index (χ0v) is 14.3. The van der Waals surface area contributed by atoms with Crippen LogP contribution < -0.4 is 16.0 Å². The lowest BCUT2D eigenvalue weighted by Gasteiger charge is -2.31. The van der Waals surface area contributed by atoms with Crippen molar-refractivity contribution in [3.63, 3.8) is 0 Å². The molecule has 0 aliphatic carbocycles. The number of carbonyl (C=O) groups is 1. The maximum absolute atomic E-state index is 11.4. The van der Waals surface area contributed by atoms with Crippen LogP contribution in [0, 0.1) is 0 Å². The van der Waals surface area contributed by atoms with Crippen LogP contribution in [0.3, 0.4) is 0 Å². The van der Waals surface area contributed by atoms with Gasteiger partial charge in [-0.15, -0.1) is 0 Å². The highest BCUT2D eigenvalue weighted by atomic mass is 35.5. The molecule has 0 radical (unpaired) electrons. The number of anilines is 3. The molecule has 1 aliphatic rings. The molecule has 3 N–H and O–H groups in total. The van der Waals surface area contributed by atoms with E-state index in [1.165, 1.54) is 24.5 Å². The van der Waals surface area contributed by atoms with E-state index in [2.05, 4.69) is 39.1 Å². The van der Waals surface area contributed by atoms with E-state index in [-0.39, 0.29) is 16.7 Å². The SMILES string of the molecule is CB1CCN(c2ccc(Nc3nc(Cl)cnc3C(N)=O)cc2)CC1. The molecular formula is C16H19BClN5O. The molecule has 0 saturated carbocycles. The van der Waals surface area contributed by atoms with Crippen LogP contribution in [0.4, 0.5) is 17.2 Å². The lowest BCUT2D eigenvalue weighted by Crippen LogP contribution is -2.35. The lowest BCUT2D eigenvalue weighted by molar-refractivity contribution is 0.0996. The molecule has 24 heavy (non-hydrogen) atoms. The summed E-state index contributed by atoms with van der Waals surface area (Å²) in [5, 5.41) is 3.25. The number of carbonyl (C=O) groups excluding carboxylic acids is 1. The molecule has 2 heterocycles. The summed E-state index contributed by atoms with van der Waals surface area (Å²) in [5.74, 6) is -0.393. The number of rotatable bonds is 4. The zero-order chi connectivity index (χ0) is 17.1. The van der Waals surface area contributed by atoms with Crippen LogP contribution in [0.25, 0.3) is 0 Å². The summed E-state index contributed by atoms with van der Waals surface area (Å²) in [6, 6.07) is 8.00. The quantitative estimate of drug-likeness (QED) is 0.834. The van der Waals surface area contributed by atoms with Crippen LogP contribution in [-0.4, -0.2) is 35.7 Å². The zero-order valence-electron chi connectivity index (χ0n) is 13.5. The standard InChI is InChI=1S/C16H19BClN5O/c1-17-6-8-23(9-7-17)12-4-2-11(3-5-12)21-16-14(15(19)24)20-10-13(18)22-16/h2-5,10H,6-9H2,1H3,(H2,19,24)(H,21,22). The fourth-order valence-corrected chi connectivity index (χ4v) is 2.93. The van der Waals surface area contributed by atoms with Crippen molar-refractivity contribution in [2.45, 2.75) is 19.5 Å². The average Bonchev–Trinajstić information content (AvgIpc) is 2.56. The van der Waals surface area contributed by atoms with Crippen molar-refractivity contribution in [3.8, 4) is 0 Å². The predicted octanol–water partition coefficient (Wildman–Crippen LogP) is 2.92. The van der Waals surface area contributed by atoms with Crippen molar-refractivity contribution in [2.24, 2.45) is 5.73 Å². The van der Waals surface area contributed by atoms with Gasteiger partial charge in [0.05, 0.1) is 6.20 Å². The summed E-state index contributed by atoms with van der Waals surface area (Å²) in [5.41, 5.74) is 7.37. The summed E-state index contributed by atoms with van der Waals surface area (Å²) in [4.78, 5) is 21.9. The average molecular weight is 344 g/mol. The van der Waals surface area contributed by atoms with Gasteiger partial charge in [0.2, 0.25) is 0 Å². The van der Waals surface area contributed by atoms with Gasteiger partial charge in [-0.2, -0.15) is 0 Å². The van der Waals surface area contributed by atoms with Crippen LogP contribution >= 0.6 is 11.6 Å². The maximum Gasteiger partial charge on any atom is 0.271 e. The molecule has 1 aliphatic heterocycles. The number of hydrogen-bond donors (Lipinski definition) is 2. The third kappa shape index (κ3) is 3.79. The highest BCUT2D eigenvalue weighted by Gasteiger charge is 2.18. The van der Waals surface area contributed by atoms with Crippen molar-refractivity contribution in [1.29, 1.82) is 0 Å². The van der Waals surface area contributed by atoms with Crippen molar-refractivity contribution in [2.75, 3.05) is 23.3 Å². The second kappa shape index (κ2) is 7.09. The number of nitrogens with two attached hydrogens (primary N) is 1. The van der Waals surface area contributed by atoms with Gasteiger partial charge in [0.25, 0.3) is 5.91 Å². The first-order valence-corrected chi connectivity index (χ1v) is 8.35. The first-order valence-electron chi connectivity index (χ1n) is 7.97. The Morgan fingerprint density at radius 3 is 2.58 bits per heavy atom. The van der Waals surface area contributed by atoms with Gasteiger partial charge >= 0.3 is 0 Å². The molecule has 1 amide bonds. The Morgan fingerprint density at radius 1 is 1.29 bits per heavy atom. The monoisotopic (exact) mass is 343 g/mol. The van der Waals surface area contributed by atoms with Crippen molar-refractivity contribution >= 4 is 41.4 Å². The maximum atomic E-state index is 11.4. The highest BCUT2D eigenvalue weighted by molar-refractivity contribution is 6.57. The largest absolute Gasteiger partial charge is 0.373 e. The van der Waals surface area contributed by atoms with E-state index in [0.717, 1.165) is 25.5 Å². The Kier molecular flexibility index (Phi) is 4.90. The topological polar surface area (TPSA) is 84.1 Å². The molecule has 1 aromatic carbocycles. The van der Waals surface area contributed by atoms with E-state index in [1.54, 1.807) is 0 Å². The molecule has 0 unspecified atom stereocenters. The van der Waals surface area contributed by atoms with Gasteiger partial charge in [-0.25, -0.2) is 9.97 Å². The fourth-order valence-electron chi connectivity index (χ4n) is 2.79. The summed E-state index contributed by atoms with van der Waals surface area (Å²) in [6.45, 7) is 5.27. The minimum absolute atomic E-state index is 0.0634. The highest BCUT2D eigenvalue weighted by Crippen LogP contribution is 2.24. The Hall–Kier alpha value is -2.28. The number of amides is 1. The molecule has 0 bridgehead atoms. The third-order valence-corrected chi connectivity index (χ3v) is 4.44. The van der Waals surface area contributed by atoms with Gasteiger partial charge in [0.1, 0.15) is 11.9 Å². The molecular weight excluding hydrogens is 324 g/mol. The van der Waals surface area contributed by atoms with Crippen molar-refractivity contribution in [3.05, 3.63) is 41.3 Å². The van der Waals surface area contributed by atoms with Gasteiger partial charge < -0.3 is 16.0 Å². The number of hydrogen-bond acceptors (Lipinski definition) is 5. The number of halogens is 1. The van der Waals surface area contributed by atoms with Crippen LogP contribution in [-0.2, 0) is 0 Å². The van der Waals surface area contributed by atoms with Crippen molar-refractivity contribution in [1.82, 2.24) is 9.97 Å². The van der Waals surface area contributed by atoms with E-state index in [1.807, 2.05) is 12.1 Å². The number of nitrogens with one attached hydrogen (secondary N) is 1. The van der Waals surface area contributed by atoms with Crippen LogP contribution in [0.15, 0.2) is 30.5 Å². The molecule has 3 rings (SSSR count). The first kappa shape index (κ1) is 16.6. The van der Waals surface area contributed by atoms with Gasteiger partial charge in [-0.1, -0.05) is 31.1 Å². The van der Waals surface area contributed by atoms with Crippen LogP contribution in [0.5, 0.6) is 0 Å². The molecule has 6 nitrogen and oxygen atoms in total. The Labute approximate surface area is 146 Å². The molecule has 1 fully saturated rings. The second-order valence-corrected chi connectivity index (χ2v) is 6.48. The van der Waals surface area contributed by atoms with Crippen LogP contribution in [0.1, 0.15) is 10.5 Å². The van der Waals surface area contributed by atoms with Gasteiger partial charge in [-0.3, -0.25) is 4.79 Å². The number of primary amides is 1. The van der Waals surface area contributed by atoms with E-state index < -0.39 is 5.91 Å². The molecule has 2 aromatic rings. The minimum Gasteiger partial charge on any atom is -0.373 e. The second-order valence-electron chi connectivity index (χ2n) is 6.10. The number of nitrogens with zero attached hydrogens (tertiary/aromatic N) is 3. The third-order valence-electron chi connectivity index (χ3n) is 4.26. The summed E-state index contributed by atoms with van der Waals surface area (Å²) in [6.07, 6.45) is 3.74. The Morgan fingerprint density at radius 2 is 1.96 bits per heavy atom.